The van der Waals surface area contributed by atoms with Crippen molar-refractivity contribution in [3.05, 3.63) is 35.6 Å². The molecule has 2 atom stereocenters. The van der Waals surface area contributed by atoms with Gasteiger partial charge in [-0.1, -0.05) is 37.5 Å². The van der Waals surface area contributed by atoms with Gasteiger partial charge in [0.2, 0.25) is 11.8 Å². The molecule has 1 fully saturated rings. The average Bonchev–Trinajstić information content (AvgIpc) is 2.66. The van der Waals surface area contributed by atoms with E-state index in [1.807, 2.05) is 0 Å². The molecule has 0 bridgehead atoms. The second kappa shape index (κ2) is 10.0. The van der Waals surface area contributed by atoms with E-state index in [9.17, 15) is 18.8 Å². The summed E-state index contributed by atoms with van der Waals surface area (Å²) in [5.41, 5.74) is 0.318. The summed E-state index contributed by atoms with van der Waals surface area (Å²) in [4.78, 5) is 36.6. The SMILES string of the molecule is COC(=O)[C@@H](NC(=O)[C@H](Cc1ccccc1F)NC(C)=O)C1CCCCC1. The minimum atomic E-state index is -0.977. The third-order valence-corrected chi connectivity index (χ3v) is 4.95. The van der Waals surface area contributed by atoms with Gasteiger partial charge in [0, 0.05) is 13.3 Å². The fraction of sp³-hybridized carbons (Fsp3) is 0.550. The molecule has 0 spiro atoms. The Hall–Kier alpha value is -2.44. The molecule has 6 nitrogen and oxygen atoms in total. The van der Waals surface area contributed by atoms with Crippen LogP contribution in [0.2, 0.25) is 0 Å². The molecule has 0 unspecified atom stereocenters. The number of hydrogen-bond donors (Lipinski definition) is 2. The van der Waals surface area contributed by atoms with Crippen molar-refractivity contribution in [1.29, 1.82) is 0 Å². The zero-order valence-corrected chi connectivity index (χ0v) is 15.8. The predicted octanol–water partition coefficient (Wildman–Crippen LogP) is 2.11. The van der Waals surface area contributed by atoms with Crippen LogP contribution in [0.25, 0.3) is 0 Å². The Bertz CT molecular complexity index is 674. The van der Waals surface area contributed by atoms with Gasteiger partial charge in [0.05, 0.1) is 7.11 Å². The van der Waals surface area contributed by atoms with Crippen LogP contribution < -0.4 is 10.6 Å². The van der Waals surface area contributed by atoms with Crippen LogP contribution in [-0.2, 0) is 25.5 Å². The second-order valence-corrected chi connectivity index (χ2v) is 6.96. The Balaban J connectivity index is 2.15. The van der Waals surface area contributed by atoms with E-state index in [4.69, 9.17) is 4.74 Å². The Morgan fingerprint density at radius 3 is 2.41 bits per heavy atom. The van der Waals surface area contributed by atoms with Crippen LogP contribution in [0.4, 0.5) is 4.39 Å². The maximum Gasteiger partial charge on any atom is 0.328 e. The number of carbonyl (C=O) groups excluding carboxylic acids is 3. The molecular formula is C20H27FN2O4. The fourth-order valence-electron chi connectivity index (χ4n) is 3.56. The van der Waals surface area contributed by atoms with Crippen LogP contribution in [0.5, 0.6) is 0 Å². The van der Waals surface area contributed by atoms with Crippen LogP contribution in [-0.4, -0.2) is 37.0 Å². The van der Waals surface area contributed by atoms with E-state index in [2.05, 4.69) is 10.6 Å². The van der Waals surface area contributed by atoms with Gasteiger partial charge in [-0.2, -0.15) is 0 Å². The van der Waals surface area contributed by atoms with E-state index in [0.717, 1.165) is 32.1 Å². The normalized spacial score (nSPS) is 16.9. The molecule has 148 valence electrons. The lowest BCUT2D eigenvalue weighted by Gasteiger charge is -2.30. The van der Waals surface area contributed by atoms with Gasteiger partial charge in [-0.3, -0.25) is 9.59 Å². The monoisotopic (exact) mass is 378 g/mol. The van der Waals surface area contributed by atoms with Crippen molar-refractivity contribution in [1.82, 2.24) is 10.6 Å². The summed E-state index contributed by atoms with van der Waals surface area (Å²) in [5.74, 6) is -1.87. The van der Waals surface area contributed by atoms with Crippen LogP contribution >= 0.6 is 0 Å². The van der Waals surface area contributed by atoms with Crippen molar-refractivity contribution in [2.24, 2.45) is 5.92 Å². The summed E-state index contributed by atoms with van der Waals surface area (Å²) in [7, 11) is 1.29. The zero-order chi connectivity index (χ0) is 19.8. The number of esters is 1. The van der Waals surface area contributed by atoms with Gasteiger partial charge in [0.15, 0.2) is 0 Å². The molecule has 0 saturated heterocycles. The number of nitrogens with one attached hydrogen (secondary N) is 2. The molecule has 1 aromatic rings. The van der Waals surface area contributed by atoms with Crippen molar-refractivity contribution in [3.8, 4) is 0 Å². The van der Waals surface area contributed by atoms with Crippen LogP contribution in [0.3, 0.4) is 0 Å². The summed E-state index contributed by atoms with van der Waals surface area (Å²) < 4.78 is 18.8. The molecule has 2 rings (SSSR count). The molecule has 2 amide bonds. The van der Waals surface area contributed by atoms with Crippen LogP contribution in [0.15, 0.2) is 24.3 Å². The van der Waals surface area contributed by atoms with Crippen LogP contribution in [0.1, 0.15) is 44.6 Å². The third-order valence-electron chi connectivity index (χ3n) is 4.95. The highest BCUT2D eigenvalue weighted by Crippen LogP contribution is 2.27. The molecule has 1 aromatic carbocycles. The van der Waals surface area contributed by atoms with E-state index >= 15 is 0 Å². The van der Waals surface area contributed by atoms with Gasteiger partial charge in [0.1, 0.15) is 17.9 Å². The number of halogens is 1. The summed E-state index contributed by atoms with van der Waals surface area (Å²) in [6.45, 7) is 1.29. The van der Waals surface area contributed by atoms with Gasteiger partial charge in [-0.05, 0) is 30.4 Å². The number of rotatable bonds is 7. The van der Waals surface area contributed by atoms with Gasteiger partial charge in [-0.25, -0.2) is 9.18 Å². The van der Waals surface area contributed by atoms with Gasteiger partial charge in [0.25, 0.3) is 0 Å². The van der Waals surface area contributed by atoms with Crippen molar-refractivity contribution in [2.45, 2.75) is 57.5 Å². The molecular weight excluding hydrogens is 351 g/mol. The van der Waals surface area contributed by atoms with E-state index in [1.54, 1.807) is 18.2 Å². The molecule has 1 aliphatic carbocycles. The number of amides is 2. The highest BCUT2D eigenvalue weighted by molar-refractivity contribution is 5.90. The maximum atomic E-state index is 14.0. The van der Waals surface area contributed by atoms with Gasteiger partial charge in [-0.15, -0.1) is 0 Å². The standard InChI is InChI=1S/C20H27FN2O4/c1-13(24)22-17(12-15-10-6-7-11-16(15)21)19(25)23-18(20(26)27-2)14-8-4-3-5-9-14/h6-7,10-11,14,17-18H,3-5,8-9,12H2,1-2H3,(H,22,24)(H,23,25)/t17-,18-/m0/s1. The fourth-order valence-corrected chi connectivity index (χ4v) is 3.56. The average molecular weight is 378 g/mol. The summed E-state index contributed by atoms with van der Waals surface area (Å²) in [6.07, 6.45) is 4.77. The molecule has 0 aliphatic heterocycles. The third kappa shape index (κ3) is 6.05. The van der Waals surface area contributed by atoms with Crippen molar-refractivity contribution in [2.75, 3.05) is 7.11 Å². The minimum absolute atomic E-state index is 0.00147. The molecule has 0 heterocycles. The first-order valence-electron chi connectivity index (χ1n) is 9.31. The quantitative estimate of drug-likeness (QED) is 0.712. The first kappa shape index (κ1) is 20.9. The predicted molar refractivity (Wildman–Crippen MR) is 98.2 cm³/mol. The molecule has 1 aliphatic rings. The number of ether oxygens (including phenoxy) is 1. The van der Waals surface area contributed by atoms with E-state index in [0.29, 0.717) is 5.56 Å². The number of carbonyl (C=O) groups is 3. The van der Waals surface area contributed by atoms with Crippen molar-refractivity contribution in [3.63, 3.8) is 0 Å². The minimum Gasteiger partial charge on any atom is -0.467 e. The molecule has 1 saturated carbocycles. The number of methoxy groups -OCH3 is 1. The second-order valence-electron chi connectivity index (χ2n) is 6.96. The number of hydrogen-bond acceptors (Lipinski definition) is 4. The lowest BCUT2D eigenvalue weighted by molar-refractivity contribution is -0.147. The van der Waals surface area contributed by atoms with Crippen LogP contribution in [0, 0.1) is 11.7 Å². The summed E-state index contributed by atoms with van der Waals surface area (Å²) in [6, 6.07) is 4.35. The number of benzene rings is 1. The van der Waals surface area contributed by atoms with Crippen molar-refractivity contribution < 1.29 is 23.5 Å². The van der Waals surface area contributed by atoms with Crippen molar-refractivity contribution >= 4 is 17.8 Å². The first-order chi connectivity index (χ1) is 12.9. The molecule has 7 heteroatoms. The molecule has 27 heavy (non-hydrogen) atoms. The van der Waals surface area contributed by atoms with E-state index in [1.165, 1.54) is 20.1 Å². The lowest BCUT2D eigenvalue weighted by Crippen LogP contribution is -2.54. The molecule has 2 N–H and O–H groups in total. The summed E-state index contributed by atoms with van der Waals surface area (Å²) >= 11 is 0. The highest BCUT2D eigenvalue weighted by Gasteiger charge is 2.34. The van der Waals surface area contributed by atoms with Gasteiger partial charge < -0.3 is 15.4 Å². The Labute approximate surface area is 158 Å². The topological polar surface area (TPSA) is 84.5 Å². The first-order valence-corrected chi connectivity index (χ1v) is 9.31. The molecule has 0 radical (unpaired) electrons. The smallest absolute Gasteiger partial charge is 0.328 e. The summed E-state index contributed by atoms with van der Waals surface area (Å²) in [5, 5.41) is 5.28. The Kier molecular flexibility index (Phi) is 7.76. The Morgan fingerprint density at radius 1 is 1.15 bits per heavy atom. The largest absolute Gasteiger partial charge is 0.467 e. The van der Waals surface area contributed by atoms with E-state index in [-0.39, 0.29) is 12.3 Å². The maximum absolute atomic E-state index is 14.0. The van der Waals surface area contributed by atoms with Gasteiger partial charge >= 0.3 is 5.97 Å². The Morgan fingerprint density at radius 2 is 1.81 bits per heavy atom. The molecule has 0 aromatic heterocycles. The lowest BCUT2D eigenvalue weighted by atomic mass is 9.83. The zero-order valence-electron chi connectivity index (χ0n) is 15.8. The van der Waals surface area contributed by atoms with E-state index < -0.39 is 35.7 Å². The highest BCUT2D eigenvalue weighted by atomic mass is 19.1.